The van der Waals surface area contributed by atoms with Gasteiger partial charge in [0.25, 0.3) is 0 Å². The monoisotopic (exact) mass is 235 g/mol. The van der Waals surface area contributed by atoms with Crippen LogP contribution in [0.25, 0.3) is 0 Å². The van der Waals surface area contributed by atoms with Gasteiger partial charge in [0.15, 0.2) is 0 Å². The molecule has 0 bridgehead atoms. The SMILES string of the molecule is CCS(=O)(=O)NC1(CC(=O)O)CCCC1. The van der Waals surface area contributed by atoms with Crippen LogP contribution in [-0.2, 0) is 14.8 Å². The lowest BCUT2D eigenvalue weighted by Gasteiger charge is -2.27. The molecule has 6 heteroatoms. The van der Waals surface area contributed by atoms with E-state index in [-0.39, 0.29) is 12.2 Å². The molecule has 15 heavy (non-hydrogen) atoms. The average Bonchev–Trinajstić information content (AvgIpc) is 2.51. The van der Waals surface area contributed by atoms with Gasteiger partial charge < -0.3 is 5.11 Å². The highest BCUT2D eigenvalue weighted by atomic mass is 32.2. The molecule has 0 heterocycles. The molecule has 0 aromatic heterocycles. The number of hydrogen-bond donors (Lipinski definition) is 2. The van der Waals surface area contributed by atoms with E-state index in [1.165, 1.54) is 0 Å². The minimum Gasteiger partial charge on any atom is -0.481 e. The first-order valence-electron chi connectivity index (χ1n) is 5.13. The quantitative estimate of drug-likeness (QED) is 0.735. The number of aliphatic carboxylic acids is 1. The molecule has 2 N–H and O–H groups in total. The molecule has 0 aromatic rings. The minimum atomic E-state index is -3.32. The molecule has 0 unspecified atom stereocenters. The van der Waals surface area contributed by atoms with Gasteiger partial charge >= 0.3 is 5.97 Å². The standard InChI is InChI=1S/C9H17NO4S/c1-2-15(13,14)10-9(7-8(11)12)5-3-4-6-9/h10H,2-7H2,1H3,(H,11,12). The Morgan fingerprint density at radius 3 is 2.33 bits per heavy atom. The van der Waals surface area contributed by atoms with E-state index in [9.17, 15) is 13.2 Å². The first-order valence-corrected chi connectivity index (χ1v) is 6.78. The summed E-state index contributed by atoms with van der Waals surface area (Å²) in [4.78, 5) is 10.7. The van der Waals surface area contributed by atoms with E-state index in [1.54, 1.807) is 6.92 Å². The van der Waals surface area contributed by atoms with Crippen LogP contribution in [-0.4, -0.2) is 30.8 Å². The summed E-state index contributed by atoms with van der Waals surface area (Å²) in [6, 6.07) is 0. The maximum Gasteiger partial charge on any atom is 0.305 e. The highest BCUT2D eigenvalue weighted by Gasteiger charge is 2.38. The van der Waals surface area contributed by atoms with Crippen LogP contribution in [0.2, 0.25) is 0 Å². The summed E-state index contributed by atoms with van der Waals surface area (Å²) in [7, 11) is -3.32. The maximum atomic E-state index is 11.4. The topological polar surface area (TPSA) is 83.5 Å². The zero-order valence-electron chi connectivity index (χ0n) is 8.82. The minimum absolute atomic E-state index is 0.00559. The molecule has 1 aliphatic rings. The predicted molar refractivity (Wildman–Crippen MR) is 56.0 cm³/mol. The lowest BCUT2D eigenvalue weighted by Crippen LogP contribution is -2.48. The smallest absolute Gasteiger partial charge is 0.305 e. The van der Waals surface area contributed by atoms with Crippen molar-refractivity contribution in [1.29, 1.82) is 0 Å². The van der Waals surface area contributed by atoms with Crippen LogP contribution in [0, 0.1) is 0 Å². The average molecular weight is 235 g/mol. The third-order valence-corrected chi connectivity index (χ3v) is 4.31. The molecule has 1 aliphatic carbocycles. The fourth-order valence-corrected chi connectivity index (χ4v) is 3.14. The molecule has 0 amide bonds. The zero-order chi connectivity index (χ0) is 11.5. The van der Waals surface area contributed by atoms with Gasteiger partial charge in [-0.1, -0.05) is 12.8 Å². The van der Waals surface area contributed by atoms with Crippen LogP contribution in [0.4, 0.5) is 0 Å². The Balaban J connectivity index is 2.78. The molecular weight excluding hydrogens is 218 g/mol. The molecule has 1 saturated carbocycles. The summed E-state index contributed by atoms with van der Waals surface area (Å²) in [5.41, 5.74) is -0.735. The van der Waals surface area contributed by atoms with Crippen molar-refractivity contribution in [2.45, 2.75) is 44.6 Å². The van der Waals surface area contributed by atoms with E-state index in [2.05, 4.69) is 4.72 Å². The van der Waals surface area contributed by atoms with Crippen LogP contribution in [0.15, 0.2) is 0 Å². The highest BCUT2D eigenvalue weighted by molar-refractivity contribution is 7.89. The number of sulfonamides is 1. The van der Waals surface area contributed by atoms with Gasteiger partial charge in [0.1, 0.15) is 0 Å². The third kappa shape index (κ3) is 3.46. The summed E-state index contributed by atoms with van der Waals surface area (Å²) < 4.78 is 25.4. The summed E-state index contributed by atoms with van der Waals surface area (Å²) in [5.74, 6) is -0.954. The highest BCUT2D eigenvalue weighted by Crippen LogP contribution is 2.33. The number of carboxylic acid groups (broad SMARTS) is 1. The lowest BCUT2D eigenvalue weighted by atomic mass is 9.95. The van der Waals surface area contributed by atoms with Crippen molar-refractivity contribution in [1.82, 2.24) is 4.72 Å². The van der Waals surface area contributed by atoms with E-state index >= 15 is 0 Å². The van der Waals surface area contributed by atoms with E-state index < -0.39 is 21.5 Å². The van der Waals surface area contributed by atoms with Crippen LogP contribution in [0.1, 0.15) is 39.0 Å². The van der Waals surface area contributed by atoms with Crippen molar-refractivity contribution in [2.24, 2.45) is 0 Å². The maximum absolute atomic E-state index is 11.4. The zero-order valence-corrected chi connectivity index (χ0v) is 9.64. The van der Waals surface area contributed by atoms with Crippen molar-refractivity contribution in [2.75, 3.05) is 5.75 Å². The van der Waals surface area contributed by atoms with Crippen molar-refractivity contribution in [3.05, 3.63) is 0 Å². The van der Waals surface area contributed by atoms with Crippen molar-refractivity contribution in [3.63, 3.8) is 0 Å². The second-order valence-electron chi connectivity index (χ2n) is 4.06. The molecule has 0 saturated heterocycles. The predicted octanol–water partition coefficient (Wildman–Crippen LogP) is 0.713. The summed E-state index contributed by atoms with van der Waals surface area (Å²) in [5, 5.41) is 8.77. The van der Waals surface area contributed by atoms with Crippen LogP contribution in [0.3, 0.4) is 0 Å². The largest absolute Gasteiger partial charge is 0.481 e. The third-order valence-electron chi connectivity index (χ3n) is 2.80. The Morgan fingerprint density at radius 1 is 1.40 bits per heavy atom. The van der Waals surface area contributed by atoms with Gasteiger partial charge in [-0.2, -0.15) is 0 Å². The fourth-order valence-electron chi connectivity index (χ4n) is 2.06. The second kappa shape index (κ2) is 4.49. The first kappa shape index (κ1) is 12.4. The summed E-state index contributed by atoms with van der Waals surface area (Å²) in [6.07, 6.45) is 2.91. The number of rotatable bonds is 5. The molecule has 0 aromatic carbocycles. The molecular formula is C9H17NO4S. The Labute approximate surface area is 89.9 Å². The van der Waals surface area contributed by atoms with Crippen LogP contribution >= 0.6 is 0 Å². The Bertz CT molecular complexity index is 330. The van der Waals surface area contributed by atoms with Gasteiger partial charge in [0, 0.05) is 5.54 Å². The second-order valence-corrected chi connectivity index (χ2v) is 6.07. The number of nitrogens with one attached hydrogen (secondary N) is 1. The van der Waals surface area contributed by atoms with Gasteiger partial charge in [0.2, 0.25) is 10.0 Å². The van der Waals surface area contributed by atoms with E-state index in [0.29, 0.717) is 12.8 Å². The normalized spacial score (nSPS) is 20.3. The van der Waals surface area contributed by atoms with E-state index in [4.69, 9.17) is 5.11 Å². The Hall–Kier alpha value is -0.620. The number of carboxylic acids is 1. The molecule has 0 atom stereocenters. The van der Waals surface area contributed by atoms with Gasteiger partial charge in [-0.15, -0.1) is 0 Å². The van der Waals surface area contributed by atoms with Gasteiger partial charge in [-0.3, -0.25) is 4.79 Å². The number of hydrogen-bond acceptors (Lipinski definition) is 3. The number of carbonyl (C=O) groups is 1. The van der Waals surface area contributed by atoms with Crippen molar-refractivity contribution in [3.8, 4) is 0 Å². The van der Waals surface area contributed by atoms with Gasteiger partial charge in [-0.05, 0) is 19.8 Å². The summed E-state index contributed by atoms with van der Waals surface area (Å²) >= 11 is 0. The fraction of sp³-hybridized carbons (Fsp3) is 0.889. The van der Waals surface area contributed by atoms with E-state index in [1.807, 2.05) is 0 Å². The molecule has 1 fully saturated rings. The van der Waals surface area contributed by atoms with Crippen LogP contribution in [0.5, 0.6) is 0 Å². The summed E-state index contributed by atoms with van der Waals surface area (Å²) in [6.45, 7) is 1.55. The molecule has 0 aliphatic heterocycles. The van der Waals surface area contributed by atoms with Crippen molar-refractivity contribution < 1.29 is 18.3 Å². The Kier molecular flexibility index (Phi) is 3.72. The molecule has 88 valence electrons. The first-order chi connectivity index (χ1) is 6.89. The lowest BCUT2D eigenvalue weighted by molar-refractivity contribution is -0.138. The van der Waals surface area contributed by atoms with Crippen LogP contribution < -0.4 is 4.72 Å². The van der Waals surface area contributed by atoms with Crippen molar-refractivity contribution >= 4 is 16.0 Å². The Morgan fingerprint density at radius 2 is 1.93 bits per heavy atom. The van der Waals surface area contributed by atoms with Gasteiger partial charge in [-0.25, -0.2) is 13.1 Å². The molecule has 5 nitrogen and oxygen atoms in total. The van der Waals surface area contributed by atoms with E-state index in [0.717, 1.165) is 12.8 Å². The van der Waals surface area contributed by atoms with Gasteiger partial charge in [0.05, 0.1) is 12.2 Å². The molecule has 0 radical (unpaired) electrons. The molecule has 0 spiro atoms. The molecule has 1 rings (SSSR count).